The van der Waals surface area contributed by atoms with Gasteiger partial charge in [-0.25, -0.2) is 4.79 Å². The molecular formula is C60H66O16. The molecule has 1 aliphatic rings. The van der Waals surface area contributed by atoms with Crippen molar-refractivity contribution >= 4 is 45.9 Å². The van der Waals surface area contributed by atoms with E-state index in [1.165, 1.54) is 48.5 Å². The van der Waals surface area contributed by atoms with Crippen molar-refractivity contribution in [2.75, 3.05) is 0 Å². The number of fused-ring (bicyclic) bond motifs is 2. The van der Waals surface area contributed by atoms with Crippen LogP contribution in [0.15, 0.2) is 141 Å². The number of aliphatic hydroxyl groups is 1. The maximum atomic E-state index is 11.5. The van der Waals surface area contributed by atoms with E-state index in [9.17, 15) is 38.7 Å². The zero-order valence-electron chi connectivity index (χ0n) is 44.0. The smallest absolute Gasteiger partial charge is 0.508 e. The van der Waals surface area contributed by atoms with E-state index in [2.05, 4.69) is 0 Å². The highest BCUT2D eigenvalue weighted by atomic mass is 16.7. The topological polar surface area (TPSA) is 265 Å². The number of benzene rings is 6. The van der Waals surface area contributed by atoms with Crippen molar-refractivity contribution in [3.05, 3.63) is 183 Å². The summed E-state index contributed by atoms with van der Waals surface area (Å²) in [6.07, 6.45) is 2.86. The van der Waals surface area contributed by atoms with Gasteiger partial charge in [0.05, 0.1) is 13.2 Å². The Hall–Kier alpha value is -8.47. The fourth-order valence-corrected chi connectivity index (χ4v) is 6.64. The first kappa shape index (κ1) is 61.8. The van der Waals surface area contributed by atoms with Gasteiger partial charge in [-0.05, 0) is 97.1 Å². The second kappa shape index (κ2) is 30.7. The lowest BCUT2D eigenvalue weighted by molar-refractivity contribution is -0.180. The molecule has 0 bridgehead atoms. The number of phenols is 4. The minimum absolute atomic E-state index is 0.00898. The molecule has 1 aliphatic heterocycles. The van der Waals surface area contributed by atoms with Gasteiger partial charge in [0.1, 0.15) is 17.2 Å². The number of hydrogen-bond donors (Lipinski definition) is 5. The summed E-state index contributed by atoms with van der Waals surface area (Å²) in [6.45, 7) is 14.8. The Kier molecular flexibility index (Phi) is 24.9. The summed E-state index contributed by atoms with van der Waals surface area (Å²) in [6, 6.07) is 34.4. The van der Waals surface area contributed by atoms with Gasteiger partial charge in [0.2, 0.25) is 5.79 Å². The summed E-state index contributed by atoms with van der Waals surface area (Å²) in [5.74, 6) is -0.341. The third-order valence-corrected chi connectivity index (χ3v) is 11.0. The normalized spacial score (nSPS) is 11.5. The highest BCUT2D eigenvalue weighted by molar-refractivity contribution is 5.99. The number of aromatic hydroxyl groups is 4. The Balaban J connectivity index is 0.000000242. The van der Waals surface area contributed by atoms with Crippen molar-refractivity contribution in [3.63, 3.8) is 0 Å². The quantitative estimate of drug-likeness (QED) is 0.0531. The maximum absolute atomic E-state index is 11.5. The molecule has 6 aromatic carbocycles. The second-order valence-electron chi connectivity index (χ2n) is 17.0. The van der Waals surface area contributed by atoms with Gasteiger partial charge in [0.15, 0.2) is 57.4 Å². The standard InChI is InChI=1S/C13H16O3.C10H8O4.C10H12O3.C9H10O3.C9H10O2.C9H10O/c1-4-11(14)9-5-6-12-10(7-9)8-15-13(2,3)16-12;1-2-7(11)6-3-4-8-9(5-6)14-10(12)13-8;1-2-9(12)7-3-4-10(13)8(5-7)6-11;1-2-7(10)6-3-4-8(11)9(12)5-6;1-2-9(11)7-3-5-8(10)6-4-7;1-2-9(10)8-6-4-3-5-7-8/h5-7H,4,8H2,1-3H3;3-5H,2H2,1H3;3-5,11,13H,2,6H2,1H3;3-5,11-12H,2H2,1H3;3-6,10H,2H2,1H3;3-7H,2H2,1H3. The monoisotopic (exact) mass is 1040 g/mol. The van der Waals surface area contributed by atoms with E-state index >= 15 is 0 Å². The lowest BCUT2D eigenvalue weighted by Gasteiger charge is -2.32. The van der Waals surface area contributed by atoms with Crippen molar-refractivity contribution < 1.29 is 72.6 Å². The van der Waals surface area contributed by atoms with E-state index < -0.39 is 11.6 Å². The van der Waals surface area contributed by atoms with Crippen LogP contribution in [0.1, 0.15) is 167 Å². The number of phenolic OH excluding ortho intramolecular Hbond substituents is 3. The molecule has 0 radical (unpaired) electrons. The van der Waals surface area contributed by atoms with Gasteiger partial charge in [-0.15, -0.1) is 0 Å². The SMILES string of the molecule is CCC(=O)c1ccc(O)c(CO)c1.CCC(=O)c1ccc(O)c(O)c1.CCC(=O)c1ccc(O)cc1.CCC(=O)c1ccc2c(c1)COC(C)(C)O2.CCC(=O)c1ccc2oc(=O)oc2c1.CCC(=O)c1ccccc1. The predicted octanol–water partition coefficient (Wildman–Crippen LogP) is 12.3. The zero-order valence-corrected chi connectivity index (χ0v) is 44.0. The molecular weight excluding hydrogens is 977 g/mol. The summed E-state index contributed by atoms with van der Waals surface area (Å²) in [5, 5.41) is 44.9. The average molecular weight is 1040 g/mol. The molecule has 0 saturated heterocycles. The zero-order chi connectivity index (χ0) is 56.5. The molecule has 0 unspecified atom stereocenters. The van der Waals surface area contributed by atoms with Crippen LogP contribution in [0.2, 0.25) is 0 Å². The van der Waals surface area contributed by atoms with Crippen molar-refractivity contribution in [1.29, 1.82) is 0 Å². The molecule has 402 valence electrons. The molecule has 2 heterocycles. The first-order chi connectivity index (χ1) is 36.1. The van der Waals surface area contributed by atoms with Crippen molar-refractivity contribution in [1.82, 2.24) is 0 Å². The summed E-state index contributed by atoms with van der Waals surface area (Å²) >= 11 is 0. The lowest BCUT2D eigenvalue weighted by atomic mass is 10.0. The van der Waals surface area contributed by atoms with Gasteiger partial charge in [0, 0.05) is 96.9 Å². The van der Waals surface area contributed by atoms with E-state index in [4.69, 9.17) is 38.7 Å². The highest BCUT2D eigenvalue weighted by Crippen LogP contribution is 2.32. The van der Waals surface area contributed by atoms with E-state index in [-0.39, 0.29) is 64.3 Å². The van der Waals surface area contributed by atoms with Crippen LogP contribution in [-0.2, 0) is 18.0 Å². The first-order valence-corrected chi connectivity index (χ1v) is 24.6. The van der Waals surface area contributed by atoms with Gasteiger partial charge in [-0.1, -0.05) is 71.9 Å². The number of hydrogen-bond acceptors (Lipinski definition) is 16. The van der Waals surface area contributed by atoms with Crippen molar-refractivity contribution in [2.24, 2.45) is 0 Å². The number of carbonyl (C=O) groups is 6. The second-order valence-corrected chi connectivity index (χ2v) is 17.0. The molecule has 0 aliphatic carbocycles. The Morgan fingerprint density at radius 2 is 0.882 bits per heavy atom. The van der Waals surface area contributed by atoms with Crippen LogP contribution < -0.4 is 10.6 Å². The number of aliphatic hydroxyl groups excluding tert-OH is 1. The van der Waals surface area contributed by atoms with Crippen LogP contribution in [0, 0.1) is 0 Å². The molecule has 7 aromatic rings. The fraction of sp³-hybridized carbons (Fsp3) is 0.283. The minimum atomic E-state index is -0.749. The van der Waals surface area contributed by atoms with Crippen LogP contribution in [0.5, 0.6) is 28.7 Å². The van der Waals surface area contributed by atoms with E-state index in [0.29, 0.717) is 84.1 Å². The number of ketones is 6. The molecule has 0 atom stereocenters. The summed E-state index contributed by atoms with van der Waals surface area (Å²) in [7, 11) is 0. The third-order valence-electron chi connectivity index (χ3n) is 11.0. The average Bonchev–Trinajstić information content (AvgIpc) is 3.82. The summed E-state index contributed by atoms with van der Waals surface area (Å²) in [5.41, 5.74) is 5.69. The Morgan fingerprint density at radius 1 is 0.461 bits per heavy atom. The molecule has 0 spiro atoms. The minimum Gasteiger partial charge on any atom is -0.508 e. The molecule has 16 heteroatoms. The predicted molar refractivity (Wildman–Crippen MR) is 287 cm³/mol. The van der Waals surface area contributed by atoms with Crippen LogP contribution in [0.25, 0.3) is 11.2 Å². The largest absolute Gasteiger partial charge is 0.519 e. The number of Topliss-reactive ketones (excluding diaryl/α,β-unsaturated/α-hetero) is 6. The Bertz CT molecular complexity index is 3110. The fourth-order valence-electron chi connectivity index (χ4n) is 6.64. The van der Waals surface area contributed by atoms with E-state index in [0.717, 1.165) is 22.4 Å². The molecule has 5 N–H and O–H groups in total. The van der Waals surface area contributed by atoms with Gasteiger partial charge >= 0.3 is 5.82 Å². The van der Waals surface area contributed by atoms with Crippen LogP contribution in [-0.4, -0.2) is 66.0 Å². The number of carbonyl (C=O) groups excluding carboxylic acids is 6. The van der Waals surface area contributed by atoms with Crippen LogP contribution in [0.3, 0.4) is 0 Å². The van der Waals surface area contributed by atoms with Gasteiger partial charge in [-0.2, -0.15) is 0 Å². The lowest BCUT2D eigenvalue weighted by Crippen LogP contribution is -2.35. The molecule has 16 nitrogen and oxygen atoms in total. The molecule has 1 aromatic heterocycles. The third kappa shape index (κ3) is 19.4. The Morgan fingerprint density at radius 3 is 1.39 bits per heavy atom. The molecule has 8 rings (SSSR count). The van der Waals surface area contributed by atoms with Crippen molar-refractivity contribution in [2.45, 2.75) is 113 Å². The van der Waals surface area contributed by atoms with Gasteiger partial charge in [-0.3, -0.25) is 28.8 Å². The Labute approximate surface area is 441 Å². The van der Waals surface area contributed by atoms with Gasteiger partial charge in [0.25, 0.3) is 0 Å². The highest BCUT2D eigenvalue weighted by Gasteiger charge is 2.27. The summed E-state index contributed by atoms with van der Waals surface area (Å²) < 4.78 is 20.6. The summed E-state index contributed by atoms with van der Waals surface area (Å²) in [4.78, 5) is 78.0. The number of ether oxygens (including phenoxy) is 2. The van der Waals surface area contributed by atoms with E-state index in [1.807, 2.05) is 83.1 Å². The van der Waals surface area contributed by atoms with Crippen LogP contribution >= 0.6 is 0 Å². The molecule has 0 saturated carbocycles. The van der Waals surface area contributed by atoms with Crippen LogP contribution in [0.4, 0.5) is 0 Å². The molecule has 0 fully saturated rings. The van der Waals surface area contributed by atoms with Gasteiger partial charge < -0.3 is 43.8 Å². The molecule has 76 heavy (non-hydrogen) atoms. The number of rotatable bonds is 13. The first-order valence-electron chi connectivity index (χ1n) is 24.6. The molecule has 0 amide bonds. The van der Waals surface area contributed by atoms with E-state index in [1.54, 1.807) is 51.1 Å². The van der Waals surface area contributed by atoms with Crippen molar-refractivity contribution in [3.8, 4) is 28.7 Å². The maximum Gasteiger partial charge on any atom is 0.519 e.